The Morgan fingerprint density at radius 3 is 2.03 bits per heavy atom. The number of benzene rings is 2. The molecular weight excluding hydrogens is 447 g/mol. The lowest BCUT2D eigenvalue weighted by atomic mass is 9.73. The van der Waals surface area contributed by atoms with Gasteiger partial charge in [-0.15, -0.1) is 0 Å². The Hall–Kier alpha value is -3.18. The molecule has 1 saturated heterocycles. The van der Waals surface area contributed by atoms with Crippen LogP contribution in [0.3, 0.4) is 0 Å². The van der Waals surface area contributed by atoms with Gasteiger partial charge in [-0.1, -0.05) is 6.07 Å². The molecule has 1 aliphatic heterocycles. The van der Waals surface area contributed by atoms with E-state index in [9.17, 15) is 22.8 Å². The first-order valence-electron chi connectivity index (χ1n) is 11.0. The van der Waals surface area contributed by atoms with Crippen molar-refractivity contribution in [1.82, 2.24) is 0 Å². The van der Waals surface area contributed by atoms with Crippen LogP contribution in [0, 0.1) is 11.3 Å². The molecule has 0 spiro atoms. The second-order valence-electron chi connectivity index (χ2n) is 9.77. The van der Waals surface area contributed by atoms with E-state index in [-0.39, 0.29) is 29.0 Å². The Morgan fingerprint density at radius 2 is 1.50 bits per heavy atom. The molecule has 0 atom stereocenters. The third-order valence-corrected chi connectivity index (χ3v) is 6.26. The lowest BCUT2D eigenvalue weighted by molar-refractivity contribution is -0.184. The Labute approximate surface area is 195 Å². The van der Waals surface area contributed by atoms with E-state index < -0.39 is 34.4 Å². The highest BCUT2D eigenvalue weighted by Gasteiger charge is 2.53. The molecule has 2 aromatic carbocycles. The van der Waals surface area contributed by atoms with Crippen molar-refractivity contribution in [2.45, 2.75) is 69.8 Å². The van der Waals surface area contributed by atoms with E-state index in [0.29, 0.717) is 5.56 Å². The summed E-state index contributed by atoms with van der Waals surface area (Å²) in [5.74, 6) is -1.21. The molecule has 34 heavy (non-hydrogen) atoms. The van der Waals surface area contributed by atoms with Crippen LogP contribution in [-0.2, 0) is 20.5 Å². The highest BCUT2D eigenvalue weighted by Crippen LogP contribution is 2.48. The molecule has 1 saturated carbocycles. The van der Waals surface area contributed by atoms with Crippen LogP contribution in [0.15, 0.2) is 36.4 Å². The predicted octanol–water partition coefficient (Wildman–Crippen LogP) is 6.06. The Kier molecular flexibility index (Phi) is 5.60. The molecule has 2 fully saturated rings. The number of alkyl halides is 3. The van der Waals surface area contributed by atoms with Gasteiger partial charge in [-0.25, -0.2) is 0 Å². The lowest BCUT2D eigenvalue weighted by Gasteiger charge is -2.43. The number of Topliss-reactive ketones (excluding diaryl/α,β-unsaturated/α-hetero) is 2. The molecule has 5 nitrogen and oxygen atoms in total. The maximum atomic E-state index is 13.3. The number of ketones is 2. The van der Waals surface area contributed by atoms with Crippen LogP contribution in [-0.4, -0.2) is 22.8 Å². The number of carbonyl (C=O) groups is 2. The zero-order chi connectivity index (χ0) is 25.1. The number of hydrogen-bond donors (Lipinski definition) is 0. The van der Waals surface area contributed by atoms with Gasteiger partial charge in [0.15, 0.2) is 11.6 Å². The van der Waals surface area contributed by atoms with E-state index in [2.05, 4.69) is 0 Å². The molecule has 0 N–H and O–H groups in total. The maximum absolute atomic E-state index is 13.3. The van der Waals surface area contributed by atoms with Gasteiger partial charge >= 0.3 is 6.18 Å². The van der Waals surface area contributed by atoms with E-state index in [1.165, 1.54) is 0 Å². The molecular formula is C26H24F3NO4. The average molecular weight is 471 g/mol. The summed E-state index contributed by atoms with van der Waals surface area (Å²) in [5.41, 5.74) is -2.53. The van der Waals surface area contributed by atoms with Gasteiger partial charge in [0.25, 0.3) is 0 Å². The Balaban J connectivity index is 1.75. The third-order valence-electron chi connectivity index (χ3n) is 6.26. The van der Waals surface area contributed by atoms with Gasteiger partial charge in [-0.05, 0) is 87.9 Å². The monoisotopic (exact) mass is 471 g/mol. The lowest BCUT2D eigenvalue weighted by Crippen LogP contribution is -2.58. The summed E-state index contributed by atoms with van der Waals surface area (Å²) >= 11 is 0. The van der Waals surface area contributed by atoms with Crippen LogP contribution in [0.2, 0.25) is 0 Å². The highest BCUT2D eigenvalue weighted by molar-refractivity contribution is 6.15. The van der Waals surface area contributed by atoms with Gasteiger partial charge < -0.3 is 9.47 Å². The second kappa shape index (κ2) is 7.95. The first-order valence-corrected chi connectivity index (χ1v) is 11.0. The molecule has 1 heterocycles. The Morgan fingerprint density at radius 1 is 0.941 bits per heavy atom. The second-order valence-corrected chi connectivity index (χ2v) is 9.77. The highest BCUT2D eigenvalue weighted by atomic mass is 19.4. The van der Waals surface area contributed by atoms with Crippen molar-refractivity contribution in [3.8, 4) is 17.6 Å². The minimum absolute atomic E-state index is 0.0416. The molecule has 0 unspecified atom stereocenters. The minimum atomic E-state index is -4.66. The predicted molar refractivity (Wildman–Crippen MR) is 117 cm³/mol. The Bertz CT molecular complexity index is 1190. The first-order chi connectivity index (χ1) is 15.7. The smallest absolute Gasteiger partial charge is 0.417 e. The van der Waals surface area contributed by atoms with Crippen LogP contribution in [0.1, 0.15) is 74.6 Å². The molecule has 178 valence electrons. The molecule has 1 aliphatic carbocycles. The van der Waals surface area contributed by atoms with Gasteiger partial charge in [-0.3, -0.25) is 9.59 Å². The fourth-order valence-corrected chi connectivity index (χ4v) is 4.53. The van der Waals surface area contributed by atoms with Crippen molar-refractivity contribution in [2.24, 2.45) is 0 Å². The zero-order valence-corrected chi connectivity index (χ0v) is 19.2. The van der Waals surface area contributed by atoms with Crippen molar-refractivity contribution in [2.75, 3.05) is 0 Å². The van der Waals surface area contributed by atoms with Crippen molar-refractivity contribution in [1.29, 1.82) is 5.26 Å². The zero-order valence-electron chi connectivity index (χ0n) is 19.2. The third kappa shape index (κ3) is 4.32. The van der Waals surface area contributed by atoms with Gasteiger partial charge in [0.2, 0.25) is 0 Å². The van der Waals surface area contributed by atoms with Crippen LogP contribution in [0.5, 0.6) is 11.5 Å². The van der Waals surface area contributed by atoms with Gasteiger partial charge in [0.1, 0.15) is 28.6 Å². The SMILES string of the molecule is CC1(C)OC(C)(C)C(=O)C(c2cc(Oc3ccc(C(F)(F)F)c(C#N)c3)ccc2C2CC2)C1=O. The minimum Gasteiger partial charge on any atom is -0.457 e. The van der Waals surface area contributed by atoms with Crippen LogP contribution in [0.25, 0.3) is 0 Å². The van der Waals surface area contributed by atoms with Crippen molar-refractivity contribution < 1.29 is 32.2 Å². The van der Waals surface area contributed by atoms with E-state index in [0.717, 1.165) is 36.6 Å². The number of ether oxygens (including phenoxy) is 2. The summed E-state index contributed by atoms with van der Waals surface area (Å²) in [5, 5.41) is 9.16. The van der Waals surface area contributed by atoms with Crippen molar-refractivity contribution >= 4 is 11.6 Å². The maximum Gasteiger partial charge on any atom is 0.417 e. The summed E-state index contributed by atoms with van der Waals surface area (Å²) in [6.45, 7) is 6.55. The summed E-state index contributed by atoms with van der Waals surface area (Å²) < 4.78 is 50.9. The standard InChI is InChI=1S/C26H24F3NO4/c1-24(2)22(31)21(23(32)25(3,4)34-24)19-12-17(7-9-18(19)14-5-6-14)33-16-8-10-20(26(27,28)29)15(11-16)13-30/h7-12,14,21H,5-6H2,1-4H3. The fraction of sp³-hybridized carbons (Fsp3) is 0.423. The number of carbonyl (C=O) groups excluding carboxylic acids is 2. The van der Waals surface area contributed by atoms with Crippen LogP contribution >= 0.6 is 0 Å². The average Bonchev–Trinajstić information content (AvgIpc) is 3.57. The van der Waals surface area contributed by atoms with E-state index in [1.807, 2.05) is 0 Å². The molecule has 8 heteroatoms. The van der Waals surface area contributed by atoms with Crippen LogP contribution < -0.4 is 4.74 Å². The molecule has 0 radical (unpaired) electrons. The van der Waals surface area contributed by atoms with Crippen molar-refractivity contribution in [3.05, 3.63) is 58.7 Å². The van der Waals surface area contributed by atoms with E-state index in [4.69, 9.17) is 14.7 Å². The molecule has 0 bridgehead atoms. The number of halogens is 3. The van der Waals surface area contributed by atoms with Gasteiger partial charge in [-0.2, -0.15) is 18.4 Å². The largest absolute Gasteiger partial charge is 0.457 e. The summed E-state index contributed by atoms with van der Waals surface area (Å²) in [6.07, 6.45) is -2.78. The van der Waals surface area contributed by atoms with E-state index >= 15 is 0 Å². The number of hydrogen-bond acceptors (Lipinski definition) is 5. The van der Waals surface area contributed by atoms with Crippen LogP contribution in [0.4, 0.5) is 13.2 Å². The molecule has 0 amide bonds. The molecule has 0 aromatic heterocycles. The summed E-state index contributed by atoms with van der Waals surface area (Å²) in [4.78, 5) is 26.6. The normalized spacial score (nSPS) is 20.2. The number of nitriles is 1. The van der Waals surface area contributed by atoms with E-state index in [1.54, 1.807) is 52.0 Å². The molecule has 2 aromatic rings. The van der Waals surface area contributed by atoms with Crippen molar-refractivity contribution in [3.63, 3.8) is 0 Å². The summed E-state index contributed by atoms with van der Waals surface area (Å²) in [7, 11) is 0. The number of rotatable bonds is 4. The first kappa shape index (κ1) is 24.0. The number of nitrogens with zero attached hydrogens (tertiary/aromatic N) is 1. The molecule has 2 aliphatic rings. The van der Waals surface area contributed by atoms with Gasteiger partial charge in [0.05, 0.1) is 17.2 Å². The summed E-state index contributed by atoms with van der Waals surface area (Å²) in [6, 6.07) is 9.57. The fourth-order valence-electron chi connectivity index (χ4n) is 4.53. The van der Waals surface area contributed by atoms with Gasteiger partial charge in [0, 0.05) is 0 Å². The molecule has 4 rings (SSSR count). The topological polar surface area (TPSA) is 76.4 Å². The quantitative estimate of drug-likeness (QED) is 0.507.